The van der Waals surface area contributed by atoms with Crippen molar-refractivity contribution >= 4 is 5.97 Å². The summed E-state index contributed by atoms with van der Waals surface area (Å²) < 4.78 is 5.15. The number of carbonyl (C=O) groups is 1. The average molecular weight is 296 g/mol. The van der Waals surface area contributed by atoms with Crippen LogP contribution in [0.25, 0.3) is 0 Å². The molecular weight excluding hydrogens is 260 g/mol. The van der Waals surface area contributed by atoms with Crippen LogP contribution in [-0.2, 0) is 9.53 Å². The summed E-state index contributed by atoms with van der Waals surface area (Å²) >= 11 is 0. The minimum Gasteiger partial charge on any atom is -0.463 e. The van der Waals surface area contributed by atoms with Gasteiger partial charge < -0.3 is 4.74 Å². The van der Waals surface area contributed by atoms with Crippen LogP contribution in [0.4, 0.5) is 0 Å². The molecule has 0 saturated carbocycles. The van der Waals surface area contributed by atoms with E-state index < -0.39 is 0 Å². The summed E-state index contributed by atoms with van der Waals surface area (Å²) in [6, 6.07) is 0. The van der Waals surface area contributed by atoms with Gasteiger partial charge in [-0.25, -0.2) is 4.79 Å². The van der Waals surface area contributed by atoms with Gasteiger partial charge in [-0.1, -0.05) is 84.1 Å². The number of unbranched alkanes of at least 4 members (excludes halogenated alkanes) is 11. The molecule has 0 aliphatic rings. The highest BCUT2D eigenvalue weighted by atomic mass is 16.5. The zero-order valence-electron chi connectivity index (χ0n) is 14.4. The van der Waals surface area contributed by atoms with Crippen LogP contribution in [0.1, 0.15) is 97.3 Å². The lowest BCUT2D eigenvalue weighted by Crippen LogP contribution is -2.02. The van der Waals surface area contributed by atoms with Crippen LogP contribution in [-0.4, -0.2) is 12.6 Å². The third kappa shape index (κ3) is 17.2. The normalized spacial score (nSPS) is 11.1. The van der Waals surface area contributed by atoms with E-state index in [1.54, 1.807) is 6.08 Å². The van der Waals surface area contributed by atoms with E-state index >= 15 is 0 Å². The van der Waals surface area contributed by atoms with Crippen molar-refractivity contribution in [2.45, 2.75) is 97.3 Å². The maximum absolute atomic E-state index is 11.4. The van der Waals surface area contributed by atoms with Crippen molar-refractivity contribution in [3.63, 3.8) is 0 Å². The highest BCUT2D eigenvalue weighted by Crippen LogP contribution is 2.09. The van der Waals surface area contributed by atoms with E-state index in [1.165, 1.54) is 64.2 Å². The maximum atomic E-state index is 11.4. The Morgan fingerprint density at radius 2 is 1.29 bits per heavy atom. The van der Waals surface area contributed by atoms with E-state index in [0.717, 1.165) is 19.3 Å². The van der Waals surface area contributed by atoms with Crippen LogP contribution in [0.15, 0.2) is 12.2 Å². The van der Waals surface area contributed by atoms with Crippen LogP contribution in [0.3, 0.4) is 0 Å². The third-order valence-corrected chi connectivity index (χ3v) is 3.72. The summed E-state index contributed by atoms with van der Waals surface area (Å²) in [6.45, 7) is 5.00. The molecule has 0 rings (SSSR count). The summed E-state index contributed by atoms with van der Waals surface area (Å²) in [5, 5.41) is 0. The van der Waals surface area contributed by atoms with Crippen molar-refractivity contribution in [3.05, 3.63) is 12.2 Å². The third-order valence-electron chi connectivity index (χ3n) is 3.72. The Labute approximate surface area is 132 Å². The second-order valence-corrected chi connectivity index (χ2v) is 5.89. The van der Waals surface area contributed by atoms with Gasteiger partial charge in [0.15, 0.2) is 0 Å². The van der Waals surface area contributed by atoms with Crippen molar-refractivity contribution in [1.82, 2.24) is 0 Å². The lowest BCUT2D eigenvalue weighted by atomic mass is 10.1. The smallest absolute Gasteiger partial charge is 0.330 e. The topological polar surface area (TPSA) is 26.3 Å². The van der Waals surface area contributed by atoms with Crippen LogP contribution >= 0.6 is 0 Å². The number of rotatable bonds is 15. The minimum atomic E-state index is -0.175. The number of carbonyl (C=O) groups excluding carboxylic acids is 1. The lowest BCUT2D eigenvalue weighted by molar-refractivity contribution is -0.137. The van der Waals surface area contributed by atoms with Gasteiger partial charge in [-0.05, 0) is 19.3 Å². The SMILES string of the molecule is CCCCCCCCCCC=CC(=O)OCCCCCC. The number of hydrogen-bond donors (Lipinski definition) is 0. The zero-order chi connectivity index (χ0) is 15.6. The van der Waals surface area contributed by atoms with Crippen molar-refractivity contribution in [1.29, 1.82) is 0 Å². The van der Waals surface area contributed by atoms with Crippen LogP contribution in [0.5, 0.6) is 0 Å². The summed E-state index contributed by atoms with van der Waals surface area (Å²) in [5.41, 5.74) is 0. The molecule has 124 valence electrons. The molecule has 0 aromatic carbocycles. The van der Waals surface area contributed by atoms with Crippen molar-refractivity contribution in [3.8, 4) is 0 Å². The van der Waals surface area contributed by atoms with Gasteiger partial charge in [-0.15, -0.1) is 0 Å². The molecule has 0 atom stereocenters. The molecule has 0 bridgehead atoms. The summed E-state index contributed by atoms with van der Waals surface area (Å²) in [4.78, 5) is 11.4. The molecule has 0 unspecified atom stereocenters. The molecule has 0 saturated heterocycles. The molecule has 0 N–H and O–H groups in total. The van der Waals surface area contributed by atoms with E-state index in [0.29, 0.717) is 6.61 Å². The quantitative estimate of drug-likeness (QED) is 0.204. The average Bonchev–Trinajstić information content (AvgIpc) is 2.49. The summed E-state index contributed by atoms with van der Waals surface area (Å²) in [7, 11) is 0. The van der Waals surface area contributed by atoms with Crippen molar-refractivity contribution in [2.24, 2.45) is 0 Å². The molecule has 0 aliphatic carbocycles. The largest absolute Gasteiger partial charge is 0.463 e. The van der Waals surface area contributed by atoms with Gasteiger partial charge in [0, 0.05) is 6.08 Å². The second kappa shape index (κ2) is 17.3. The van der Waals surface area contributed by atoms with Gasteiger partial charge in [-0.2, -0.15) is 0 Å². The Morgan fingerprint density at radius 3 is 1.90 bits per heavy atom. The fourth-order valence-corrected chi connectivity index (χ4v) is 2.33. The van der Waals surface area contributed by atoms with Gasteiger partial charge in [0.05, 0.1) is 6.61 Å². The summed E-state index contributed by atoms with van der Waals surface area (Å²) in [6.07, 6.45) is 19.8. The van der Waals surface area contributed by atoms with E-state index in [-0.39, 0.29) is 5.97 Å². The second-order valence-electron chi connectivity index (χ2n) is 5.89. The highest BCUT2D eigenvalue weighted by molar-refractivity contribution is 5.81. The fraction of sp³-hybridized carbons (Fsp3) is 0.842. The van der Waals surface area contributed by atoms with Crippen molar-refractivity contribution < 1.29 is 9.53 Å². The first kappa shape index (κ1) is 20.2. The molecule has 2 nitrogen and oxygen atoms in total. The zero-order valence-corrected chi connectivity index (χ0v) is 14.4. The Bertz CT molecular complexity index is 246. The van der Waals surface area contributed by atoms with Crippen LogP contribution < -0.4 is 0 Å². The molecule has 0 aromatic heterocycles. The Balaban J connectivity index is 3.24. The first-order valence-electron chi connectivity index (χ1n) is 9.14. The molecule has 0 aromatic rings. The van der Waals surface area contributed by atoms with E-state index in [2.05, 4.69) is 13.8 Å². The molecule has 0 spiro atoms. The standard InChI is InChI=1S/C19H36O2/c1-3-5-7-9-10-11-12-13-14-15-17-19(20)21-18-16-8-6-4-2/h15,17H,3-14,16,18H2,1-2H3. The van der Waals surface area contributed by atoms with Crippen LogP contribution in [0.2, 0.25) is 0 Å². The Morgan fingerprint density at radius 1 is 0.762 bits per heavy atom. The fourth-order valence-electron chi connectivity index (χ4n) is 2.33. The number of hydrogen-bond acceptors (Lipinski definition) is 2. The van der Waals surface area contributed by atoms with Crippen molar-refractivity contribution in [2.75, 3.05) is 6.61 Å². The van der Waals surface area contributed by atoms with Gasteiger partial charge >= 0.3 is 5.97 Å². The van der Waals surface area contributed by atoms with Gasteiger partial charge in [0.25, 0.3) is 0 Å². The minimum absolute atomic E-state index is 0.175. The monoisotopic (exact) mass is 296 g/mol. The number of allylic oxidation sites excluding steroid dienone is 1. The van der Waals surface area contributed by atoms with Gasteiger partial charge in [0.2, 0.25) is 0 Å². The summed E-state index contributed by atoms with van der Waals surface area (Å²) in [5.74, 6) is -0.175. The Kier molecular flexibility index (Phi) is 16.6. The first-order chi connectivity index (χ1) is 10.3. The van der Waals surface area contributed by atoms with Crippen LogP contribution in [0, 0.1) is 0 Å². The van der Waals surface area contributed by atoms with E-state index in [4.69, 9.17) is 4.74 Å². The molecule has 0 aliphatic heterocycles. The lowest BCUT2D eigenvalue weighted by Gasteiger charge is -2.01. The molecule has 0 amide bonds. The highest BCUT2D eigenvalue weighted by Gasteiger charge is 1.96. The Hall–Kier alpha value is -0.790. The maximum Gasteiger partial charge on any atom is 0.330 e. The predicted molar refractivity (Wildman–Crippen MR) is 91.5 cm³/mol. The molecular formula is C19H36O2. The van der Waals surface area contributed by atoms with Gasteiger partial charge in [-0.3, -0.25) is 0 Å². The molecule has 0 heterocycles. The first-order valence-corrected chi connectivity index (χ1v) is 9.14. The van der Waals surface area contributed by atoms with E-state index in [1.807, 2.05) is 6.08 Å². The molecule has 0 fully saturated rings. The molecule has 0 radical (unpaired) electrons. The molecule has 21 heavy (non-hydrogen) atoms. The number of ether oxygens (including phenoxy) is 1. The van der Waals surface area contributed by atoms with Gasteiger partial charge in [0.1, 0.15) is 0 Å². The number of esters is 1. The van der Waals surface area contributed by atoms with E-state index in [9.17, 15) is 4.79 Å². The molecule has 2 heteroatoms. The predicted octanol–water partition coefficient (Wildman–Crippen LogP) is 6.20.